The third-order valence-electron chi connectivity index (χ3n) is 6.25. The number of anilines is 1. The van der Waals surface area contributed by atoms with Crippen LogP contribution in [0.25, 0.3) is 0 Å². The molecule has 0 saturated carbocycles. The van der Waals surface area contributed by atoms with Gasteiger partial charge in [0.15, 0.2) is 0 Å². The van der Waals surface area contributed by atoms with Gasteiger partial charge in [0, 0.05) is 38.4 Å². The molecule has 2 aliphatic heterocycles. The largest absolute Gasteiger partial charge is 0.340 e. The van der Waals surface area contributed by atoms with E-state index in [0.29, 0.717) is 39.3 Å². The Balaban J connectivity index is 1.29. The SMILES string of the molecule is CCc1ccccc1NC(=O)CN1CCN(C(=O)C2CNNC2c2ccc(F)cc2)CC1. The molecule has 32 heavy (non-hydrogen) atoms. The number of halogens is 1. The van der Waals surface area contributed by atoms with Crippen molar-refractivity contribution in [3.63, 3.8) is 0 Å². The molecule has 2 saturated heterocycles. The second-order valence-corrected chi connectivity index (χ2v) is 8.32. The van der Waals surface area contributed by atoms with Gasteiger partial charge in [-0.05, 0) is 35.7 Å². The number of nitrogens with one attached hydrogen (secondary N) is 3. The maximum Gasteiger partial charge on any atom is 0.238 e. The third kappa shape index (κ3) is 5.15. The molecule has 170 valence electrons. The highest BCUT2D eigenvalue weighted by molar-refractivity contribution is 5.93. The van der Waals surface area contributed by atoms with Crippen LogP contribution in [0.4, 0.5) is 10.1 Å². The number of rotatable bonds is 6. The Hall–Kier alpha value is -2.81. The van der Waals surface area contributed by atoms with Gasteiger partial charge in [-0.15, -0.1) is 0 Å². The van der Waals surface area contributed by atoms with Gasteiger partial charge in [-0.2, -0.15) is 0 Å². The Kier molecular flexibility index (Phi) is 7.14. The van der Waals surface area contributed by atoms with Crippen LogP contribution in [0.5, 0.6) is 0 Å². The number of hydrazine groups is 1. The lowest BCUT2D eigenvalue weighted by Crippen LogP contribution is -2.52. The van der Waals surface area contributed by atoms with Crippen LogP contribution in [0.3, 0.4) is 0 Å². The van der Waals surface area contributed by atoms with Crippen molar-refractivity contribution in [3.8, 4) is 0 Å². The van der Waals surface area contributed by atoms with Crippen LogP contribution in [0, 0.1) is 11.7 Å². The highest BCUT2D eigenvalue weighted by Gasteiger charge is 2.37. The minimum Gasteiger partial charge on any atom is -0.340 e. The van der Waals surface area contributed by atoms with Crippen molar-refractivity contribution in [2.45, 2.75) is 19.4 Å². The highest BCUT2D eigenvalue weighted by Crippen LogP contribution is 2.27. The number of carbonyl (C=O) groups excluding carboxylic acids is 2. The molecule has 7 nitrogen and oxygen atoms in total. The van der Waals surface area contributed by atoms with E-state index in [2.05, 4.69) is 28.0 Å². The minimum absolute atomic E-state index is 0.0359. The maximum absolute atomic E-state index is 13.3. The van der Waals surface area contributed by atoms with Gasteiger partial charge in [-0.1, -0.05) is 37.3 Å². The molecule has 0 bridgehead atoms. The summed E-state index contributed by atoms with van der Waals surface area (Å²) in [6.45, 7) is 5.39. The number of aryl methyl sites for hydroxylation is 1. The van der Waals surface area contributed by atoms with Crippen LogP contribution in [-0.4, -0.2) is 60.9 Å². The van der Waals surface area contributed by atoms with Crippen LogP contribution < -0.4 is 16.2 Å². The number of benzene rings is 2. The molecule has 0 aromatic heterocycles. The van der Waals surface area contributed by atoms with Gasteiger partial charge in [-0.3, -0.25) is 19.9 Å². The molecule has 3 N–H and O–H groups in total. The number of amides is 2. The highest BCUT2D eigenvalue weighted by atomic mass is 19.1. The summed E-state index contributed by atoms with van der Waals surface area (Å²) >= 11 is 0. The van der Waals surface area contributed by atoms with Gasteiger partial charge in [-0.25, -0.2) is 9.82 Å². The molecule has 2 aliphatic rings. The van der Waals surface area contributed by atoms with Gasteiger partial charge in [0.2, 0.25) is 11.8 Å². The molecule has 4 rings (SSSR count). The summed E-state index contributed by atoms with van der Waals surface area (Å²) in [7, 11) is 0. The van der Waals surface area contributed by atoms with Crippen LogP contribution in [0.1, 0.15) is 24.1 Å². The van der Waals surface area contributed by atoms with Gasteiger partial charge < -0.3 is 10.2 Å². The average Bonchev–Trinajstić information content (AvgIpc) is 3.30. The second-order valence-electron chi connectivity index (χ2n) is 8.32. The predicted octanol–water partition coefficient (Wildman–Crippen LogP) is 1.94. The first-order valence-corrected chi connectivity index (χ1v) is 11.2. The molecule has 2 unspecified atom stereocenters. The Morgan fingerprint density at radius 3 is 2.50 bits per heavy atom. The maximum atomic E-state index is 13.3. The quantitative estimate of drug-likeness (QED) is 0.641. The molecule has 0 aliphatic carbocycles. The van der Waals surface area contributed by atoms with E-state index < -0.39 is 0 Å². The lowest BCUT2D eigenvalue weighted by atomic mass is 9.93. The Morgan fingerprint density at radius 2 is 1.78 bits per heavy atom. The van der Waals surface area contributed by atoms with E-state index in [4.69, 9.17) is 0 Å². The van der Waals surface area contributed by atoms with Crippen molar-refractivity contribution >= 4 is 17.5 Å². The Labute approximate surface area is 187 Å². The van der Waals surface area contributed by atoms with Crippen molar-refractivity contribution in [2.24, 2.45) is 5.92 Å². The van der Waals surface area contributed by atoms with Crippen molar-refractivity contribution < 1.29 is 14.0 Å². The predicted molar refractivity (Wildman–Crippen MR) is 121 cm³/mol. The number of nitrogens with zero attached hydrogens (tertiary/aromatic N) is 2. The van der Waals surface area contributed by atoms with Crippen molar-refractivity contribution in [2.75, 3.05) is 44.6 Å². The molecule has 0 radical (unpaired) electrons. The summed E-state index contributed by atoms with van der Waals surface area (Å²) < 4.78 is 13.3. The molecule has 8 heteroatoms. The van der Waals surface area contributed by atoms with Crippen molar-refractivity contribution in [1.29, 1.82) is 0 Å². The first kappa shape index (κ1) is 22.4. The van der Waals surface area contributed by atoms with Crippen molar-refractivity contribution in [3.05, 3.63) is 65.5 Å². The van der Waals surface area contributed by atoms with E-state index in [1.165, 1.54) is 12.1 Å². The van der Waals surface area contributed by atoms with Gasteiger partial charge in [0.1, 0.15) is 5.82 Å². The van der Waals surface area contributed by atoms with E-state index in [9.17, 15) is 14.0 Å². The fourth-order valence-corrected chi connectivity index (χ4v) is 4.42. The number of para-hydroxylation sites is 1. The van der Waals surface area contributed by atoms with E-state index in [1.807, 2.05) is 29.2 Å². The van der Waals surface area contributed by atoms with Crippen LogP contribution in [0.15, 0.2) is 48.5 Å². The van der Waals surface area contributed by atoms with Crippen LogP contribution in [0.2, 0.25) is 0 Å². The normalized spacial score (nSPS) is 21.5. The van der Waals surface area contributed by atoms with Crippen LogP contribution in [-0.2, 0) is 16.0 Å². The average molecular weight is 440 g/mol. The standard InChI is InChI=1S/C24H30FN5O2/c1-2-17-5-3-4-6-21(17)27-22(31)16-29-11-13-30(14-12-29)24(32)20-15-26-28-23(20)18-7-9-19(25)10-8-18/h3-10,20,23,26,28H,2,11-16H2,1H3,(H,27,31). The number of hydrogen-bond acceptors (Lipinski definition) is 5. The fourth-order valence-electron chi connectivity index (χ4n) is 4.42. The summed E-state index contributed by atoms with van der Waals surface area (Å²) in [4.78, 5) is 29.6. The van der Waals surface area contributed by atoms with E-state index in [1.54, 1.807) is 12.1 Å². The number of piperazine rings is 1. The van der Waals surface area contributed by atoms with Crippen LogP contribution >= 0.6 is 0 Å². The monoisotopic (exact) mass is 439 g/mol. The molecule has 2 amide bonds. The summed E-state index contributed by atoms with van der Waals surface area (Å²) in [5.41, 5.74) is 9.08. The lowest BCUT2D eigenvalue weighted by molar-refractivity contribution is -0.137. The molecule has 2 aromatic rings. The summed E-state index contributed by atoms with van der Waals surface area (Å²) in [6, 6.07) is 13.9. The smallest absolute Gasteiger partial charge is 0.238 e. The molecule has 2 heterocycles. The first-order chi connectivity index (χ1) is 15.5. The molecular formula is C24H30FN5O2. The zero-order valence-electron chi connectivity index (χ0n) is 18.3. The summed E-state index contributed by atoms with van der Waals surface area (Å²) in [5.74, 6) is -0.495. The number of carbonyl (C=O) groups is 2. The minimum atomic E-state index is -0.291. The lowest BCUT2D eigenvalue weighted by Gasteiger charge is -2.36. The molecule has 2 aromatic carbocycles. The van der Waals surface area contributed by atoms with E-state index in [-0.39, 0.29) is 29.6 Å². The number of hydrogen-bond donors (Lipinski definition) is 3. The zero-order valence-corrected chi connectivity index (χ0v) is 18.3. The van der Waals surface area contributed by atoms with Gasteiger partial charge in [0.05, 0.1) is 18.5 Å². The van der Waals surface area contributed by atoms with Gasteiger partial charge >= 0.3 is 0 Å². The molecule has 2 fully saturated rings. The first-order valence-electron chi connectivity index (χ1n) is 11.2. The molecular weight excluding hydrogens is 409 g/mol. The molecule has 0 spiro atoms. The summed E-state index contributed by atoms with van der Waals surface area (Å²) in [5, 5.41) is 3.01. The Bertz CT molecular complexity index is 944. The van der Waals surface area contributed by atoms with Gasteiger partial charge in [0.25, 0.3) is 0 Å². The van der Waals surface area contributed by atoms with E-state index in [0.717, 1.165) is 23.2 Å². The zero-order chi connectivity index (χ0) is 22.5. The molecule has 2 atom stereocenters. The second kappa shape index (κ2) is 10.2. The van der Waals surface area contributed by atoms with Crippen molar-refractivity contribution in [1.82, 2.24) is 20.7 Å². The topological polar surface area (TPSA) is 76.7 Å². The van der Waals surface area contributed by atoms with E-state index >= 15 is 0 Å². The fraction of sp³-hybridized carbons (Fsp3) is 0.417. The summed E-state index contributed by atoms with van der Waals surface area (Å²) in [6.07, 6.45) is 0.862. The third-order valence-corrected chi connectivity index (χ3v) is 6.25. The Morgan fingerprint density at radius 1 is 1.06 bits per heavy atom.